The summed E-state index contributed by atoms with van der Waals surface area (Å²) in [5.41, 5.74) is 7.54. The average molecular weight is 274 g/mol. The highest BCUT2D eigenvalue weighted by Gasteiger charge is 2.21. The van der Waals surface area contributed by atoms with E-state index in [1.54, 1.807) is 0 Å². The topological polar surface area (TPSA) is 26.0 Å². The number of hydrogen-bond donors (Lipinski definition) is 1. The molecule has 0 bridgehead atoms. The van der Waals surface area contributed by atoms with Gasteiger partial charge in [0.1, 0.15) is 0 Å². The molecule has 1 fully saturated rings. The molecule has 0 aromatic heterocycles. The molecule has 2 unspecified atom stereocenters. The van der Waals surface area contributed by atoms with E-state index in [-0.39, 0.29) is 6.04 Å². The first kappa shape index (κ1) is 12.6. The zero-order valence-electron chi connectivity index (χ0n) is 9.06. The second-order valence-corrected chi connectivity index (χ2v) is 6.91. The minimum absolute atomic E-state index is 0.263. The quantitative estimate of drug-likeness (QED) is 0.917. The van der Waals surface area contributed by atoms with Crippen molar-refractivity contribution < 1.29 is 0 Å². The summed E-state index contributed by atoms with van der Waals surface area (Å²) in [6.07, 6.45) is 0.954. The zero-order chi connectivity index (χ0) is 11.4. The Morgan fingerprint density at radius 2 is 2.06 bits per heavy atom. The third kappa shape index (κ3) is 3.59. The number of thioether (sulfide) groups is 2. The molecule has 0 radical (unpaired) electrons. The Kier molecular flexibility index (Phi) is 4.89. The summed E-state index contributed by atoms with van der Waals surface area (Å²) in [5, 5.41) is 1.40. The molecule has 16 heavy (non-hydrogen) atoms. The van der Waals surface area contributed by atoms with Gasteiger partial charge in [0.25, 0.3) is 0 Å². The van der Waals surface area contributed by atoms with Gasteiger partial charge in [-0.25, -0.2) is 0 Å². The Hall–Kier alpha value is 0.170. The minimum atomic E-state index is 0.263. The summed E-state index contributed by atoms with van der Waals surface area (Å²) in [5.74, 6) is 3.71. The highest BCUT2D eigenvalue weighted by atomic mass is 35.5. The lowest BCUT2D eigenvalue weighted by Gasteiger charge is -2.26. The molecule has 2 rings (SSSR count). The summed E-state index contributed by atoms with van der Waals surface area (Å²) in [6.45, 7) is 0. The number of benzene rings is 1. The van der Waals surface area contributed by atoms with Gasteiger partial charge in [-0.15, -0.1) is 0 Å². The van der Waals surface area contributed by atoms with Gasteiger partial charge < -0.3 is 5.73 Å². The summed E-state index contributed by atoms with van der Waals surface area (Å²) in [6, 6.07) is 8.28. The molecule has 2 atom stereocenters. The lowest BCUT2D eigenvalue weighted by Crippen LogP contribution is -2.38. The van der Waals surface area contributed by atoms with Crippen molar-refractivity contribution in [3.8, 4) is 0 Å². The highest BCUT2D eigenvalue weighted by molar-refractivity contribution is 8.06. The fourth-order valence-corrected chi connectivity index (χ4v) is 4.73. The number of hydrogen-bond acceptors (Lipinski definition) is 3. The van der Waals surface area contributed by atoms with Gasteiger partial charge in [-0.3, -0.25) is 0 Å². The van der Waals surface area contributed by atoms with Crippen LogP contribution in [0.25, 0.3) is 0 Å². The fraction of sp³-hybridized carbons (Fsp3) is 0.500. The third-order valence-electron chi connectivity index (χ3n) is 2.70. The lowest BCUT2D eigenvalue weighted by atomic mass is 10.0. The van der Waals surface area contributed by atoms with Crippen molar-refractivity contribution in [2.24, 2.45) is 5.73 Å². The monoisotopic (exact) mass is 273 g/mol. The van der Waals surface area contributed by atoms with Crippen molar-refractivity contribution in [2.45, 2.75) is 17.7 Å². The Labute approximate surface area is 111 Å². The zero-order valence-corrected chi connectivity index (χ0v) is 11.5. The minimum Gasteiger partial charge on any atom is -0.326 e. The van der Waals surface area contributed by atoms with E-state index < -0.39 is 0 Å². The van der Waals surface area contributed by atoms with Crippen LogP contribution in [0.2, 0.25) is 5.02 Å². The third-order valence-corrected chi connectivity index (χ3v) is 5.90. The largest absolute Gasteiger partial charge is 0.326 e. The van der Waals surface area contributed by atoms with Crippen molar-refractivity contribution in [3.63, 3.8) is 0 Å². The SMILES string of the molecule is NC(Cc1ccc(Cl)cc1)C1CSCCS1. The van der Waals surface area contributed by atoms with Crippen LogP contribution in [-0.2, 0) is 6.42 Å². The molecule has 1 aliphatic rings. The van der Waals surface area contributed by atoms with E-state index in [0.29, 0.717) is 5.25 Å². The first-order chi connectivity index (χ1) is 7.75. The van der Waals surface area contributed by atoms with Gasteiger partial charge in [-0.2, -0.15) is 23.5 Å². The predicted molar refractivity (Wildman–Crippen MR) is 76.7 cm³/mol. The molecule has 1 saturated heterocycles. The molecule has 1 heterocycles. The van der Waals surface area contributed by atoms with Crippen molar-refractivity contribution in [3.05, 3.63) is 34.9 Å². The molecule has 1 aliphatic heterocycles. The normalized spacial score (nSPS) is 23.0. The molecule has 4 heteroatoms. The van der Waals surface area contributed by atoms with Crippen LogP contribution in [0.4, 0.5) is 0 Å². The summed E-state index contributed by atoms with van der Waals surface area (Å²) in [7, 11) is 0. The Morgan fingerprint density at radius 3 is 2.69 bits per heavy atom. The van der Waals surface area contributed by atoms with E-state index in [2.05, 4.69) is 12.1 Å². The molecule has 1 nitrogen and oxygen atoms in total. The van der Waals surface area contributed by atoms with Crippen LogP contribution in [0.15, 0.2) is 24.3 Å². The van der Waals surface area contributed by atoms with E-state index in [4.69, 9.17) is 17.3 Å². The van der Waals surface area contributed by atoms with Crippen LogP contribution in [0.3, 0.4) is 0 Å². The highest BCUT2D eigenvalue weighted by Crippen LogP contribution is 2.27. The predicted octanol–water partition coefficient (Wildman–Crippen LogP) is 3.06. The van der Waals surface area contributed by atoms with Crippen LogP contribution in [0, 0.1) is 0 Å². The van der Waals surface area contributed by atoms with Crippen LogP contribution in [0.5, 0.6) is 0 Å². The van der Waals surface area contributed by atoms with Crippen LogP contribution >= 0.6 is 35.1 Å². The maximum atomic E-state index is 6.25. The standard InChI is InChI=1S/C12H16ClNS2/c13-10-3-1-9(2-4-10)7-11(14)12-8-15-5-6-16-12/h1-4,11-12H,5-8,14H2. The second kappa shape index (κ2) is 6.20. The van der Waals surface area contributed by atoms with Crippen LogP contribution < -0.4 is 5.73 Å². The van der Waals surface area contributed by atoms with Gasteiger partial charge >= 0.3 is 0 Å². The molecule has 0 spiro atoms. The lowest BCUT2D eigenvalue weighted by molar-refractivity contribution is 0.664. The first-order valence-corrected chi connectivity index (χ1v) is 8.03. The summed E-state index contributed by atoms with van der Waals surface area (Å²) >= 11 is 9.90. The molecular formula is C12H16ClNS2. The van der Waals surface area contributed by atoms with Gasteiger partial charge in [0.2, 0.25) is 0 Å². The van der Waals surface area contributed by atoms with Crippen LogP contribution in [-0.4, -0.2) is 28.6 Å². The molecule has 0 aliphatic carbocycles. The molecular weight excluding hydrogens is 258 g/mol. The van der Waals surface area contributed by atoms with E-state index in [0.717, 1.165) is 11.4 Å². The fourth-order valence-electron chi connectivity index (χ4n) is 1.78. The maximum Gasteiger partial charge on any atom is 0.0406 e. The molecule has 1 aromatic carbocycles. The molecule has 1 aromatic rings. The number of halogens is 1. The molecule has 0 saturated carbocycles. The molecule has 2 N–H and O–H groups in total. The van der Waals surface area contributed by atoms with Gasteiger partial charge in [0, 0.05) is 33.6 Å². The number of nitrogens with two attached hydrogens (primary N) is 1. The van der Waals surface area contributed by atoms with Crippen molar-refractivity contribution >= 4 is 35.1 Å². The Morgan fingerprint density at radius 1 is 1.31 bits per heavy atom. The molecule has 88 valence electrons. The summed E-state index contributed by atoms with van der Waals surface area (Å²) < 4.78 is 0. The van der Waals surface area contributed by atoms with Crippen LogP contribution in [0.1, 0.15) is 5.56 Å². The first-order valence-electron chi connectivity index (χ1n) is 5.45. The van der Waals surface area contributed by atoms with Gasteiger partial charge in [-0.1, -0.05) is 23.7 Å². The Bertz CT molecular complexity index is 322. The molecule has 0 amide bonds. The van der Waals surface area contributed by atoms with Crippen molar-refractivity contribution in [1.29, 1.82) is 0 Å². The Balaban J connectivity index is 1.90. The van der Waals surface area contributed by atoms with E-state index in [1.165, 1.54) is 22.8 Å². The van der Waals surface area contributed by atoms with Crippen molar-refractivity contribution in [1.82, 2.24) is 0 Å². The van der Waals surface area contributed by atoms with Gasteiger partial charge in [0.05, 0.1) is 0 Å². The van der Waals surface area contributed by atoms with Gasteiger partial charge in [0.15, 0.2) is 0 Å². The number of rotatable bonds is 3. The van der Waals surface area contributed by atoms with E-state index in [1.807, 2.05) is 35.7 Å². The summed E-state index contributed by atoms with van der Waals surface area (Å²) in [4.78, 5) is 0. The second-order valence-electron chi connectivity index (χ2n) is 3.98. The van der Waals surface area contributed by atoms with Crippen molar-refractivity contribution in [2.75, 3.05) is 17.3 Å². The average Bonchev–Trinajstić information content (AvgIpc) is 2.33. The van der Waals surface area contributed by atoms with E-state index in [9.17, 15) is 0 Å². The maximum absolute atomic E-state index is 6.25. The van der Waals surface area contributed by atoms with E-state index >= 15 is 0 Å². The van der Waals surface area contributed by atoms with Gasteiger partial charge in [-0.05, 0) is 24.1 Å². The smallest absolute Gasteiger partial charge is 0.0406 e.